The van der Waals surface area contributed by atoms with E-state index < -0.39 is 12.1 Å². The lowest BCUT2D eigenvalue weighted by molar-refractivity contribution is -0.0234. The van der Waals surface area contributed by atoms with Gasteiger partial charge in [-0.05, 0) is 11.5 Å². The van der Waals surface area contributed by atoms with Crippen LogP contribution >= 0.6 is 0 Å². The highest BCUT2D eigenvalue weighted by atomic mass is 16.5. The minimum Gasteiger partial charge on any atom is -0.391 e. The molecular weight excluding hydrogens is 238 g/mol. The van der Waals surface area contributed by atoms with Crippen molar-refractivity contribution in [2.45, 2.75) is 45.1 Å². The predicted molar refractivity (Wildman–Crippen MR) is 78.7 cm³/mol. The van der Waals surface area contributed by atoms with Crippen LogP contribution in [0, 0.1) is 5.92 Å². The molecular formula is C16H25NO2. The molecule has 0 amide bonds. The van der Waals surface area contributed by atoms with Gasteiger partial charge in [0.05, 0.1) is 18.8 Å². The van der Waals surface area contributed by atoms with E-state index in [1.807, 2.05) is 30.3 Å². The summed E-state index contributed by atoms with van der Waals surface area (Å²) >= 11 is 0. The van der Waals surface area contributed by atoms with Gasteiger partial charge in [-0.1, -0.05) is 50.3 Å². The maximum Gasteiger partial charge on any atom is 0.0751 e. The summed E-state index contributed by atoms with van der Waals surface area (Å²) in [7, 11) is 0. The zero-order valence-corrected chi connectivity index (χ0v) is 11.8. The maximum atomic E-state index is 9.96. The Hall–Kier alpha value is -1.16. The van der Waals surface area contributed by atoms with Crippen molar-refractivity contribution < 1.29 is 9.84 Å². The van der Waals surface area contributed by atoms with E-state index in [-0.39, 0.29) is 6.10 Å². The Kier molecular flexibility index (Phi) is 6.78. The normalized spacial score (nSPS) is 16.1. The van der Waals surface area contributed by atoms with Gasteiger partial charge in [0.1, 0.15) is 0 Å². The van der Waals surface area contributed by atoms with E-state index in [2.05, 4.69) is 20.4 Å². The van der Waals surface area contributed by atoms with Crippen molar-refractivity contribution in [3.8, 4) is 0 Å². The third-order valence-corrected chi connectivity index (χ3v) is 3.24. The third-order valence-electron chi connectivity index (χ3n) is 3.24. The van der Waals surface area contributed by atoms with Crippen molar-refractivity contribution in [2.24, 2.45) is 11.7 Å². The molecule has 0 fully saturated rings. The van der Waals surface area contributed by atoms with E-state index in [0.717, 1.165) is 5.56 Å². The van der Waals surface area contributed by atoms with Gasteiger partial charge in [-0.25, -0.2) is 0 Å². The molecule has 0 spiro atoms. The van der Waals surface area contributed by atoms with Crippen molar-refractivity contribution in [2.75, 3.05) is 0 Å². The second-order valence-electron chi connectivity index (χ2n) is 5.20. The number of aliphatic hydroxyl groups excluding tert-OH is 1. The molecule has 0 aliphatic heterocycles. The molecule has 1 rings (SSSR count). The van der Waals surface area contributed by atoms with Crippen LogP contribution in [0.15, 0.2) is 43.0 Å². The first kappa shape index (κ1) is 15.9. The zero-order valence-electron chi connectivity index (χ0n) is 11.8. The van der Waals surface area contributed by atoms with Gasteiger partial charge < -0.3 is 15.6 Å². The second kappa shape index (κ2) is 8.10. The van der Waals surface area contributed by atoms with Crippen LogP contribution in [0.3, 0.4) is 0 Å². The minimum atomic E-state index is -0.610. The first-order valence-electron chi connectivity index (χ1n) is 6.76. The molecule has 0 aromatic heterocycles. The van der Waals surface area contributed by atoms with Crippen molar-refractivity contribution in [3.63, 3.8) is 0 Å². The summed E-state index contributed by atoms with van der Waals surface area (Å²) < 4.78 is 5.91. The van der Waals surface area contributed by atoms with Crippen molar-refractivity contribution >= 4 is 0 Å². The molecule has 1 aromatic rings. The molecule has 0 bridgehead atoms. The molecule has 106 valence electrons. The Balaban J connectivity index is 2.51. The maximum absolute atomic E-state index is 9.96. The number of ether oxygens (including phenoxy) is 1. The molecule has 3 atom stereocenters. The topological polar surface area (TPSA) is 55.5 Å². The molecule has 19 heavy (non-hydrogen) atoms. The third kappa shape index (κ3) is 5.55. The molecule has 0 radical (unpaired) electrons. The quantitative estimate of drug-likeness (QED) is 0.708. The Bertz CT molecular complexity index is 364. The molecule has 0 saturated heterocycles. The van der Waals surface area contributed by atoms with Crippen LogP contribution < -0.4 is 5.73 Å². The smallest absolute Gasteiger partial charge is 0.0751 e. The molecule has 0 saturated carbocycles. The number of nitrogens with two attached hydrogens (primary N) is 1. The van der Waals surface area contributed by atoms with Gasteiger partial charge >= 0.3 is 0 Å². The van der Waals surface area contributed by atoms with Gasteiger partial charge in [-0.15, -0.1) is 6.58 Å². The summed E-state index contributed by atoms with van der Waals surface area (Å²) in [5.41, 5.74) is 6.88. The first-order chi connectivity index (χ1) is 9.04. The van der Waals surface area contributed by atoms with Crippen molar-refractivity contribution in [1.82, 2.24) is 0 Å². The number of rotatable bonds is 8. The van der Waals surface area contributed by atoms with E-state index in [1.54, 1.807) is 6.08 Å². The fourth-order valence-electron chi connectivity index (χ4n) is 1.86. The second-order valence-corrected chi connectivity index (χ2v) is 5.20. The summed E-state index contributed by atoms with van der Waals surface area (Å²) in [4.78, 5) is 0. The average Bonchev–Trinajstić information content (AvgIpc) is 2.42. The Labute approximate surface area is 116 Å². The summed E-state index contributed by atoms with van der Waals surface area (Å²) in [5, 5.41) is 9.96. The molecule has 3 N–H and O–H groups in total. The summed E-state index contributed by atoms with van der Waals surface area (Å²) in [5.74, 6) is 0.329. The molecule has 0 aliphatic rings. The van der Waals surface area contributed by atoms with E-state index in [4.69, 9.17) is 10.5 Å². The minimum absolute atomic E-state index is 0.0128. The number of hydrogen-bond acceptors (Lipinski definition) is 3. The van der Waals surface area contributed by atoms with Gasteiger partial charge in [0, 0.05) is 12.5 Å². The highest BCUT2D eigenvalue weighted by Gasteiger charge is 2.21. The van der Waals surface area contributed by atoms with Gasteiger partial charge in [-0.3, -0.25) is 0 Å². The average molecular weight is 263 g/mol. The van der Waals surface area contributed by atoms with Crippen LogP contribution in [-0.4, -0.2) is 23.4 Å². The van der Waals surface area contributed by atoms with E-state index in [9.17, 15) is 5.11 Å². The summed E-state index contributed by atoms with van der Waals surface area (Å²) in [6, 6.07) is 9.63. The SMILES string of the molecule is C=C[C@H](N)[C@@H](O)C[C@H](OCc1ccccc1)C(C)C. The van der Waals surface area contributed by atoms with E-state index in [0.29, 0.717) is 18.9 Å². The highest BCUT2D eigenvalue weighted by Crippen LogP contribution is 2.17. The molecule has 1 aromatic carbocycles. The van der Waals surface area contributed by atoms with Crippen molar-refractivity contribution in [1.29, 1.82) is 0 Å². The van der Waals surface area contributed by atoms with Gasteiger partial charge in [0.25, 0.3) is 0 Å². The van der Waals surface area contributed by atoms with Gasteiger partial charge in [0.15, 0.2) is 0 Å². The molecule has 0 aliphatic carbocycles. The van der Waals surface area contributed by atoms with E-state index >= 15 is 0 Å². The first-order valence-corrected chi connectivity index (χ1v) is 6.76. The Morgan fingerprint density at radius 3 is 2.47 bits per heavy atom. The van der Waals surface area contributed by atoms with Gasteiger partial charge in [0.2, 0.25) is 0 Å². The molecule has 3 heteroatoms. The summed E-state index contributed by atoms with van der Waals surface area (Å²) in [6.07, 6.45) is 1.47. The Morgan fingerprint density at radius 2 is 1.95 bits per heavy atom. The van der Waals surface area contributed by atoms with Gasteiger partial charge in [-0.2, -0.15) is 0 Å². The van der Waals surface area contributed by atoms with Crippen LogP contribution in [0.5, 0.6) is 0 Å². The highest BCUT2D eigenvalue weighted by molar-refractivity contribution is 5.13. The largest absolute Gasteiger partial charge is 0.391 e. The lowest BCUT2D eigenvalue weighted by atomic mass is 9.97. The number of aliphatic hydroxyl groups is 1. The van der Waals surface area contributed by atoms with E-state index in [1.165, 1.54) is 0 Å². The predicted octanol–water partition coefficient (Wildman–Crippen LogP) is 2.49. The van der Waals surface area contributed by atoms with Crippen molar-refractivity contribution in [3.05, 3.63) is 48.6 Å². The lowest BCUT2D eigenvalue weighted by Crippen LogP contribution is -2.37. The zero-order chi connectivity index (χ0) is 14.3. The van der Waals surface area contributed by atoms with Crippen LogP contribution in [0.1, 0.15) is 25.8 Å². The van der Waals surface area contributed by atoms with Crippen LogP contribution in [0.2, 0.25) is 0 Å². The monoisotopic (exact) mass is 263 g/mol. The molecule has 3 nitrogen and oxygen atoms in total. The fraction of sp³-hybridized carbons (Fsp3) is 0.500. The molecule has 0 unspecified atom stereocenters. The van der Waals surface area contributed by atoms with Crippen LogP contribution in [0.4, 0.5) is 0 Å². The molecule has 0 heterocycles. The fourth-order valence-corrected chi connectivity index (χ4v) is 1.86. The van der Waals surface area contributed by atoms with Crippen LogP contribution in [0.25, 0.3) is 0 Å². The van der Waals surface area contributed by atoms with Crippen LogP contribution in [-0.2, 0) is 11.3 Å². The number of hydrogen-bond donors (Lipinski definition) is 2. The standard InChI is InChI=1S/C16H25NO2/c1-4-14(17)15(18)10-16(12(2)3)19-11-13-8-6-5-7-9-13/h4-9,12,14-16,18H,1,10-11,17H2,2-3H3/t14-,15-,16-/m0/s1. The Morgan fingerprint density at radius 1 is 1.32 bits per heavy atom. The number of benzene rings is 1. The lowest BCUT2D eigenvalue weighted by Gasteiger charge is -2.26. The summed E-state index contributed by atoms with van der Waals surface area (Å²) in [6.45, 7) is 8.33.